The van der Waals surface area contributed by atoms with E-state index in [9.17, 15) is 4.79 Å². The predicted octanol–water partition coefficient (Wildman–Crippen LogP) is 3.18. The van der Waals surface area contributed by atoms with Crippen molar-refractivity contribution in [1.29, 1.82) is 0 Å². The number of nitrogens with one attached hydrogen (secondary N) is 1. The van der Waals surface area contributed by atoms with E-state index in [0.29, 0.717) is 17.6 Å². The number of hydrogen-bond acceptors (Lipinski definition) is 5. The van der Waals surface area contributed by atoms with Crippen LogP contribution >= 0.6 is 0 Å². The first-order chi connectivity index (χ1) is 11.9. The van der Waals surface area contributed by atoms with E-state index in [2.05, 4.69) is 29.3 Å². The van der Waals surface area contributed by atoms with Crippen LogP contribution < -0.4 is 10.1 Å². The minimum absolute atomic E-state index is 0.146. The normalized spacial score (nSPS) is 12.1. The summed E-state index contributed by atoms with van der Waals surface area (Å²) in [5.74, 6) is 2.31. The molecular formula is C18H26N4O3. The number of carbonyl (C=O) groups is 1. The van der Waals surface area contributed by atoms with Crippen LogP contribution in [0.4, 0.5) is 4.79 Å². The van der Waals surface area contributed by atoms with Crippen molar-refractivity contribution in [2.45, 2.75) is 39.8 Å². The van der Waals surface area contributed by atoms with E-state index < -0.39 is 0 Å². The van der Waals surface area contributed by atoms with Gasteiger partial charge < -0.3 is 19.5 Å². The summed E-state index contributed by atoms with van der Waals surface area (Å²) in [5.41, 5.74) is 0.972. The molecule has 0 saturated carbocycles. The zero-order valence-electron chi connectivity index (χ0n) is 15.4. The van der Waals surface area contributed by atoms with Crippen LogP contribution in [0, 0.1) is 5.92 Å². The van der Waals surface area contributed by atoms with Crippen molar-refractivity contribution in [3.8, 4) is 5.75 Å². The summed E-state index contributed by atoms with van der Waals surface area (Å²) < 4.78 is 10.4. The Morgan fingerprint density at radius 1 is 1.36 bits per heavy atom. The number of carbonyl (C=O) groups excluding carboxylic acids is 1. The third-order valence-electron chi connectivity index (χ3n) is 3.75. The van der Waals surface area contributed by atoms with Crippen LogP contribution in [0.15, 0.2) is 28.8 Å². The van der Waals surface area contributed by atoms with E-state index >= 15 is 0 Å². The van der Waals surface area contributed by atoms with E-state index in [1.807, 2.05) is 31.2 Å². The Kier molecular flexibility index (Phi) is 6.38. The van der Waals surface area contributed by atoms with Gasteiger partial charge in [-0.15, -0.1) is 0 Å². The zero-order valence-corrected chi connectivity index (χ0v) is 15.4. The number of urea groups is 1. The third kappa shape index (κ3) is 5.48. The van der Waals surface area contributed by atoms with Gasteiger partial charge in [0.1, 0.15) is 5.75 Å². The molecule has 0 unspecified atom stereocenters. The predicted molar refractivity (Wildman–Crippen MR) is 94.2 cm³/mol. The van der Waals surface area contributed by atoms with Crippen LogP contribution in [0.3, 0.4) is 0 Å². The molecule has 0 saturated heterocycles. The molecule has 0 spiro atoms. The van der Waals surface area contributed by atoms with Gasteiger partial charge in [0.25, 0.3) is 0 Å². The number of amides is 2. The van der Waals surface area contributed by atoms with E-state index in [1.165, 1.54) is 4.90 Å². The van der Waals surface area contributed by atoms with Crippen LogP contribution in [0.25, 0.3) is 0 Å². The molecule has 0 bridgehead atoms. The van der Waals surface area contributed by atoms with Crippen LogP contribution in [-0.4, -0.2) is 35.2 Å². The molecule has 1 aromatic carbocycles. The largest absolute Gasteiger partial charge is 0.497 e. The van der Waals surface area contributed by atoms with Crippen molar-refractivity contribution in [2.24, 2.45) is 5.92 Å². The van der Waals surface area contributed by atoms with E-state index in [-0.39, 0.29) is 18.6 Å². The van der Waals surface area contributed by atoms with Gasteiger partial charge in [-0.3, -0.25) is 0 Å². The standard InChI is InChI=1S/C18H26N4O3/c1-12(2)9-17-20-16(21-25-17)11-22(4)18(23)19-13(3)14-7-6-8-15(10-14)24-5/h6-8,10,12-13H,9,11H2,1-5H3,(H,19,23)/t13-/m1/s1. The molecule has 0 radical (unpaired) electrons. The van der Waals surface area contributed by atoms with Crippen molar-refractivity contribution in [3.05, 3.63) is 41.5 Å². The summed E-state index contributed by atoms with van der Waals surface area (Å²) in [4.78, 5) is 18.2. The molecule has 136 valence electrons. The van der Waals surface area contributed by atoms with Crippen LogP contribution in [0.2, 0.25) is 0 Å². The lowest BCUT2D eigenvalue weighted by Crippen LogP contribution is -2.38. The lowest BCUT2D eigenvalue weighted by atomic mass is 10.1. The maximum Gasteiger partial charge on any atom is 0.318 e. The quantitative estimate of drug-likeness (QED) is 0.833. The zero-order chi connectivity index (χ0) is 18.4. The number of rotatable bonds is 7. The molecule has 0 fully saturated rings. The van der Waals surface area contributed by atoms with E-state index in [0.717, 1.165) is 17.7 Å². The smallest absolute Gasteiger partial charge is 0.318 e. The maximum atomic E-state index is 12.4. The summed E-state index contributed by atoms with van der Waals surface area (Å²) in [6.07, 6.45) is 0.732. The second-order valence-electron chi connectivity index (χ2n) is 6.51. The maximum absolute atomic E-state index is 12.4. The van der Waals surface area contributed by atoms with Gasteiger partial charge in [0.15, 0.2) is 5.82 Å². The number of nitrogens with zero attached hydrogens (tertiary/aromatic N) is 3. The van der Waals surface area contributed by atoms with E-state index in [1.54, 1.807) is 14.2 Å². The first kappa shape index (κ1) is 18.8. The van der Waals surface area contributed by atoms with Gasteiger partial charge in [0.05, 0.1) is 19.7 Å². The van der Waals surface area contributed by atoms with Crippen molar-refractivity contribution in [2.75, 3.05) is 14.2 Å². The van der Waals surface area contributed by atoms with Crippen molar-refractivity contribution in [3.63, 3.8) is 0 Å². The van der Waals surface area contributed by atoms with Gasteiger partial charge in [-0.1, -0.05) is 31.1 Å². The Balaban J connectivity index is 1.91. The van der Waals surface area contributed by atoms with Crippen LogP contribution in [-0.2, 0) is 13.0 Å². The Labute approximate surface area is 148 Å². The topological polar surface area (TPSA) is 80.5 Å². The third-order valence-corrected chi connectivity index (χ3v) is 3.75. The lowest BCUT2D eigenvalue weighted by Gasteiger charge is -2.20. The lowest BCUT2D eigenvalue weighted by molar-refractivity contribution is 0.202. The molecule has 1 N–H and O–H groups in total. The Morgan fingerprint density at radius 3 is 2.80 bits per heavy atom. The first-order valence-electron chi connectivity index (χ1n) is 8.36. The molecule has 0 aliphatic rings. The number of aromatic nitrogens is 2. The Hall–Kier alpha value is -2.57. The number of hydrogen-bond donors (Lipinski definition) is 1. The number of ether oxygens (including phenoxy) is 1. The molecule has 1 aromatic heterocycles. The summed E-state index contributed by atoms with van der Waals surface area (Å²) in [5, 5.41) is 6.88. The van der Waals surface area contributed by atoms with Gasteiger partial charge >= 0.3 is 6.03 Å². The molecule has 2 amide bonds. The molecule has 0 aliphatic heterocycles. The average Bonchev–Trinajstić information content (AvgIpc) is 3.00. The van der Waals surface area contributed by atoms with Crippen molar-refractivity contribution < 1.29 is 14.1 Å². The van der Waals surface area contributed by atoms with Gasteiger partial charge in [0, 0.05) is 13.5 Å². The Bertz CT molecular complexity index is 699. The molecule has 7 heteroatoms. The molecular weight excluding hydrogens is 320 g/mol. The average molecular weight is 346 g/mol. The van der Waals surface area contributed by atoms with Gasteiger partial charge in [-0.2, -0.15) is 4.98 Å². The fourth-order valence-electron chi connectivity index (χ4n) is 2.36. The van der Waals surface area contributed by atoms with Gasteiger partial charge in [-0.05, 0) is 30.5 Å². The highest BCUT2D eigenvalue weighted by molar-refractivity contribution is 5.74. The van der Waals surface area contributed by atoms with Crippen LogP contribution in [0.1, 0.15) is 44.1 Å². The van der Waals surface area contributed by atoms with Gasteiger partial charge in [0.2, 0.25) is 5.89 Å². The van der Waals surface area contributed by atoms with E-state index in [4.69, 9.17) is 9.26 Å². The monoisotopic (exact) mass is 346 g/mol. The highest BCUT2D eigenvalue weighted by Gasteiger charge is 2.17. The van der Waals surface area contributed by atoms with Gasteiger partial charge in [-0.25, -0.2) is 4.79 Å². The molecule has 0 aliphatic carbocycles. The SMILES string of the molecule is COc1cccc([C@@H](C)NC(=O)N(C)Cc2noc(CC(C)C)n2)c1. The molecule has 7 nitrogen and oxygen atoms in total. The molecule has 2 rings (SSSR count). The van der Waals surface area contributed by atoms with Crippen LogP contribution in [0.5, 0.6) is 5.75 Å². The highest BCUT2D eigenvalue weighted by atomic mass is 16.5. The fraction of sp³-hybridized carbons (Fsp3) is 0.500. The number of methoxy groups -OCH3 is 1. The first-order valence-corrected chi connectivity index (χ1v) is 8.36. The molecule has 1 heterocycles. The fourth-order valence-corrected chi connectivity index (χ4v) is 2.36. The van der Waals surface area contributed by atoms with Crippen molar-refractivity contribution >= 4 is 6.03 Å². The summed E-state index contributed by atoms with van der Waals surface area (Å²) in [6, 6.07) is 7.27. The number of benzene rings is 1. The minimum atomic E-state index is -0.203. The second kappa shape index (κ2) is 8.50. The molecule has 25 heavy (non-hydrogen) atoms. The minimum Gasteiger partial charge on any atom is -0.497 e. The summed E-state index contributed by atoms with van der Waals surface area (Å²) in [7, 11) is 3.32. The highest BCUT2D eigenvalue weighted by Crippen LogP contribution is 2.19. The summed E-state index contributed by atoms with van der Waals surface area (Å²) >= 11 is 0. The second-order valence-corrected chi connectivity index (χ2v) is 6.51. The Morgan fingerprint density at radius 2 is 2.12 bits per heavy atom. The molecule has 1 atom stereocenters. The van der Waals surface area contributed by atoms with Crippen molar-refractivity contribution in [1.82, 2.24) is 20.4 Å². The summed E-state index contributed by atoms with van der Waals surface area (Å²) in [6.45, 7) is 6.39. The molecule has 2 aromatic rings.